The average Bonchev–Trinajstić information content (AvgIpc) is 1.80. The minimum atomic E-state index is -4.14. The van der Waals surface area contributed by atoms with Crippen LogP contribution in [-0.2, 0) is 10.1 Å². The Morgan fingerprint density at radius 2 is 2.10 bits per heavy atom. The molecule has 3 N–H and O–H groups in total. The SMILES string of the molecule is CCCC(NO)S(=O)(=O)O. The van der Waals surface area contributed by atoms with Gasteiger partial charge in [0.25, 0.3) is 10.1 Å². The van der Waals surface area contributed by atoms with E-state index in [4.69, 9.17) is 9.76 Å². The number of hydrogen-bond acceptors (Lipinski definition) is 4. The molecular formula is C4H11NO4S. The summed E-state index contributed by atoms with van der Waals surface area (Å²) in [5, 5.41) is 6.95. The molecule has 0 aliphatic heterocycles. The van der Waals surface area contributed by atoms with E-state index in [1.165, 1.54) is 5.48 Å². The molecule has 0 aromatic carbocycles. The largest absolute Gasteiger partial charge is 0.315 e. The highest BCUT2D eigenvalue weighted by Crippen LogP contribution is 2.01. The maximum atomic E-state index is 10.3. The second-order valence-electron chi connectivity index (χ2n) is 1.92. The van der Waals surface area contributed by atoms with Crippen LogP contribution in [0.15, 0.2) is 0 Å². The summed E-state index contributed by atoms with van der Waals surface area (Å²) in [6.07, 6.45) is 0.757. The second kappa shape index (κ2) is 3.87. The van der Waals surface area contributed by atoms with Crippen LogP contribution in [0.3, 0.4) is 0 Å². The molecule has 0 spiro atoms. The summed E-state index contributed by atoms with van der Waals surface area (Å²) in [4.78, 5) is 0. The van der Waals surface area contributed by atoms with Crippen molar-refractivity contribution in [3.63, 3.8) is 0 Å². The fourth-order valence-electron chi connectivity index (χ4n) is 0.542. The lowest BCUT2D eigenvalue weighted by Gasteiger charge is -2.08. The molecule has 0 aromatic heterocycles. The van der Waals surface area contributed by atoms with Crippen LogP contribution < -0.4 is 5.48 Å². The first-order valence-corrected chi connectivity index (χ1v) is 4.38. The molecule has 62 valence electrons. The minimum Gasteiger partial charge on any atom is -0.315 e. The van der Waals surface area contributed by atoms with Gasteiger partial charge < -0.3 is 5.21 Å². The zero-order valence-electron chi connectivity index (χ0n) is 5.61. The van der Waals surface area contributed by atoms with Crippen LogP contribution in [0.2, 0.25) is 0 Å². The smallest absolute Gasteiger partial charge is 0.283 e. The molecule has 0 aliphatic carbocycles. The van der Waals surface area contributed by atoms with Gasteiger partial charge in [0.15, 0.2) is 5.37 Å². The Balaban J connectivity index is 4.08. The topological polar surface area (TPSA) is 86.6 Å². The van der Waals surface area contributed by atoms with Crippen LogP contribution in [0.4, 0.5) is 0 Å². The van der Waals surface area contributed by atoms with Crippen LogP contribution in [0.1, 0.15) is 19.8 Å². The fraction of sp³-hybridized carbons (Fsp3) is 1.00. The van der Waals surface area contributed by atoms with Crippen molar-refractivity contribution < 1.29 is 18.2 Å². The van der Waals surface area contributed by atoms with E-state index in [-0.39, 0.29) is 6.42 Å². The van der Waals surface area contributed by atoms with Gasteiger partial charge in [-0.2, -0.15) is 13.9 Å². The summed E-state index contributed by atoms with van der Waals surface area (Å²) < 4.78 is 28.9. The van der Waals surface area contributed by atoms with Crippen LogP contribution >= 0.6 is 0 Å². The first-order chi connectivity index (χ1) is 4.52. The van der Waals surface area contributed by atoms with Gasteiger partial charge in [0, 0.05) is 0 Å². The van der Waals surface area contributed by atoms with E-state index in [9.17, 15) is 8.42 Å². The van der Waals surface area contributed by atoms with Crippen molar-refractivity contribution >= 4 is 10.1 Å². The minimum absolute atomic E-state index is 0.190. The third-order valence-corrected chi connectivity index (χ3v) is 2.11. The quantitative estimate of drug-likeness (QED) is 0.406. The zero-order valence-corrected chi connectivity index (χ0v) is 6.43. The van der Waals surface area contributed by atoms with Crippen molar-refractivity contribution in [3.8, 4) is 0 Å². The highest BCUT2D eigenvalue weighted by molar-refractivity contribution is 7.86. The molecule has 0 radical (unpaired) electrons. The van der Waals surface area contributed by atoms with Crippen LogP contribution in [-0.4, -0.2) is 23.6 Å². The summed E-state index contributed by atoms with van der Waals surface area (Å²) >= 11 is 0. The molecule has 0 aliphatic rings. The Bertz CT molecular complexity index is 176. The Hall–Kier alpha value is -0.170. The van der Waals surface area contributed by atoms with Crippen molar-refractivity contribution in [3.05, 3.63) is 0 Å². The first-order valence-electron chi connectivity index (χ1n) is 2.88. The lowest BCUT2D eigenvalue weighted by molar-refractivity contribution is 0.146. The normalized spacial score (nSPS) is 15.1. The molecule has 0 heterocycles. The van der Waals surface area contributed by atoms with Crippen molar-refractivity contribution in [2.75, 3.05) is 0 Å². The van der Waals surface area contributed by atoms with Crippen molar-refractivity contribution in [2.45, 2.75) is 25.1 Å². The second-order valence-corrected chi connectivity index (χ2v) is 3.52. The van der Waals surface area contributed by atoms with Gasteiger partial charge >= 0.3 is 0 Å². The molecule has 0 saturated carbocycles. The summed E-state index contributed by atoms with van der Waals surface area (Å²) in [7, 11) is -4.14. The average molecular weight is 169 g/mol. The Kier molecular flexibility index (Phi) is 3.80. The van der Waals surface area contributed by atoms with Crippen LogP contribution in [0.25, 0.3) is 0 Å². The highest BCUT2D eigenvalue weighted by atomic mass is 32.2. The van der Waals surface area contributed by atoms with Gasteiger partial charge in [-0.1, -0.05) is 13.3 Å². The van der Waals surface area contributed by atoms with Gasteiger partial charge in [-0.25, -0.2) is 0 Å². The number of hydroxylamine groups is 1. The van der Waals surface area contributed by atoms with E-state index in [1.807, 2.05) is 0 Å². The van der Waals surface area contributed by atoms with Gasteiger partial charge in [0.05, 0.1) is 0 Å². The summed E-state index contributed by atoms with van der Waals surface area (Å²) in [6, 6.07) is 0. The first kappa shape index (κ1) is 9.83. The highest BCUT2D eigenvalue weighted by Gasteiger charge is 2.19. The van der Waals surface area contributed by atoms with Gasteiger partial charge in [0.2, 0.25) is 0 Å². The summed E-state index contributed by atoms with van der Waals surface area (Å²) in [5.74, 6) is 0. The lowest BCUT2D eigenvalue weighted by Crippen LogP contribution is -2.33. The molecule has 10 heavy (non-hydrogen) atoms. The molecule has 6 heteroatoms. The third-order valence-electron chi connectivity index (χ3n) is 1.05. The molecule has 0 aromatic rings. The summed E-state index contributed by atoms with van der Waals surface area (Å²) in [6.45, 7) is 1.75. The molecule has 1 atom stereocenters. The molecule has 1 unspecified atom stereocenters. The van der Waals surface area contributed by atoms with Crippen LogP contribution in [0.5, 0.6) is 0 Å². The van der Waals surface area contributed by atoms with Crippen LogP contribution in [0, 0.1) is 0 Å². The number of nitrogens with one attached hydrogen (secondary N) is 1. The molecular weight excluding hydrogens is 158 g/mol. The van der Waals surface area contributed by atoms with E-state index in [2.05, 4.69) is 0 Å². The Morgan fingerprint density at radius 3 is 2.20 bits per heavy atom. The Morgan fingerprint density at radius 1 is 1.60 bits per heavy atom. The van der Waals surface area contributed by atoms with Crippen molar-refractivity contribution in [1.82, 2.24) is 5.48 Å². The van der Waals surface area contributed by atoms with E-state index in [0.29, 0.717) is 6.42 Å². The predicted octanol–water partition coefficient (Wildman–Crippen LogP) is -0.0208. The standard InChI is InChI=1S/C4H11NO4S/c1-2-3-4(5-6)10(7,8)9/h4-6H,2-3H2,1H3,(H,7,8,9). The monoisotopic (exact) mass is 169 g/mol. The summed E-state index contributed by atoms with van der Waals surface area (Å²) in [5.41, 5.74) is 1.50. The van der Waals surface area contributed by atoms with Crippen molar-refractivity contribution in [1.29, 1.82) is 0 Å². The van der Waals surface area contributed by atoms with E-state index in [0.717, 1.165) is 0 Å². The third kappa shape index (κ3) is 3.11. The molecule has 0 amide bonds. The number of hydrogen-bond donors (Lipinski definition) is 3. The molecule has 0 rings (SSSR count). The molecule has 0 bridgehead atoms. The van der Waals surface area contributed by atoms with Gasteiger partial charge in [-0.3, -0.25) is 4.55 Å². The number of rotatable bonds is 4. The zero-order chi connectivity index (χ0) is 8.20. The van der Waals surface area contributed by atoms with E-state index < -0.39 is 15.5 Å². The lowest BCUT2D eigenvalue weighted by atomic mass is 10.3. The predicted molar refractivity (Wildman–Crippen MR) is 35.2 cm³/mol. The molecule has 0 saturated heterocycles. The maximum absolute atomic E-state index is 10.3. The maximum Gasteiger partial charge on any atom is 0.283 e. The van der Waals surface area contributed by atoms with Gasteiger partial charge in [-0.15, -0.1) is 0 Å². The fourth-order valence-corrected chi connectivity index (χ4v) is 1.21. The molecule has 0 fully saturated rings. The van der Waals surface area contributed by atoms with Gasteiger partial charge in [0.1, 0.15) is 0 Å². The molecule has 5 nitrogen and oxygen atoms in total. The van der Waals surface area contributed by atoms with Gasteiger partial charge in [-0.05, 0) is 6.42 Å². The Labute approximate surface area is 59.8 Å². The van der Waals surface area contributed by atoms with E-state index >= 15 is 0 Å². The van der Waals surface area contributed by atoms with E-state index in [1.54, 1.807) is 6.92 Å². The van der Waals surface area contributed by atoms with Crippen molar-refractivity contribution in [2.24, 2.45) is 0 Å².